The van der Waals surface area contributed by atoms with Crippen molar-refractivity contribution in [3.05, 3.63) is 41.9 Å². The van der Waals surface area contributed by atoms with Crippen LogP contribution in [0, 0.1) is 23.7 Å². The van der Waals surface area contributed by atoms with Crippen LogP contribution in [0.2, 0.25) is 0 Å². The van der Waals surface area contributed by atoms with Crippen LogP contribution in [0.5, 0.6) is 5.75 Å². The lowest BCUT2D eigenvalue weighted by Gasteiger charge is -2.59. The number of hydrogen-bond acceptors (Lipinski definition) is 6. The van der Waals surface area contributed by atoms with Crippen LogP contribution >= 0.6 is 0 Å². The number of carboxylic acids is 1. The van der Waals surface area contributed by atoms with Gasteiger partial charge in [0.2, 0.25) is 5.92 Å². The minimum absolute atomic E-state index is 0.0332. The molecule has 292 valence electrons. The monoisotopic (exact) mass is 769 g/mol. The summed E-state index contributed by atoms with van der Waals surface area (Å²) >= 11 is 0. The molecule has 0 unspecified atom stereocenters. The van der Waals surface area contributed by atoms with Crippen molar-refractivity contribution in [2.24, 2.45) is 23.7 Å². The van der Waals surface area contributed by atoms with E-state index in [1.165, 1.54) is 17.2 Å². The molecule has 6 aliphatic rings. The highest BCUT2D eigenvalue weighted by atomic mass is 19.4. The minimum Gasteiger partial charge on any atom is -0.489 e. The number of hydrogen-bond donors (Lipinski definition) is 2. The summed E-state index contributed by atoms with van der Waals surface area (Å²) in [6, 6.07) is 4.20. The molecule has 4 bridgehead atoms. The van der Waals surface area contributed by atoms with Crippen molar-refractivity contribution in [3.63, 3.8) is 0 Å². The molecule has 9 rings (SSSR count). The third kappa shape index (κ3) is 6.78. The number of carbonyl (C=O) groups is 2. The van der Waals surface area contributed by atoms with E-state index in [0.717, 1.165) is 12.6 Å². The maximum Gasteiger partial charge on any atom is 0.434 e. The molecule has 54 heavy (non-hydrogen) atoms. The molecule has 2 aromatic heterocycles. The number of fused-ring (bicyclic) bond motifs is 1. The fourth-order valence-corrected chi connectivity index (χ4v) is 10.3. The first-order chi connectivity index (χ1) is 25.4. The molecule has 6 fully saturated rings. The molecule has 0 radical (unpaired) electrons. The van der Waals surface area contributed by atoms with E-state index in [1.807, 2.05) is 0 Å². The highest BCUT2D eigenvalue weighted by Gasteiger charge is 2.62. The summed E-state index contributed by atoms with van der Waals surface area (Å²) in [5.41, 5.74) is -3.60. The van der Waals surface area contributed by atoms with Gasteiger partial charge in [-0.15, -0.1) is 0 Å². The number of halogens is 8. The zero-order chi connectivity index (χ0) is 38.4. The Bertz CT molecular complexity index is 1920. The number of nitrogens with zero attached hydrogens (tertiary/aromatic N) is 4. The quantitative estimate of drug-likeness (QED) is 0.225. The van der Waals surface area contributed by atoms with E-state index in [1.54, 1.807) is 16.7 Å². The molecule has 1 atom stereocenters. The number of ether oxygens (including phenoxy) is 1. The fourth-order valence-electron chi connectivity index (χ4n) is 10.3. The van der Waals surface area contributed by atoms with Gasteiger partial charge in [0.05, 0.1) is 17.6 Å². The molecule has 1 amide bonds. The first-order valence-electron chi connectivity index (χ1n) is 18.4. The Balaban J connectivity index is 1.13. The number of alkyl halides is 8. The van der Waals surface area contributed by atoms with E-state index < -0.39 is 96.1 Å². The number of aliphatic carboxylic acids is 1. The standard InChI is InChI=1S/C37H39F8N5O4/c38-34(39)6-3-23(4-7-34)50-17-28(26-2-1-24(14-29(26)50)54-25-5-8-49(16-25)18-35(40,41)42)31-46-15-27(30(47-31)37(43,44)45)32(51)48-36(33(52)53)21-10-19-9-20(12-21)13-22(36)11-19/h1-2,14-15,17,19-23,25H,3-13,16,18H2,(H,48,51)(H,52,53)/t19?,20?,21?,22?,25-,36?/m1/s1. The summed E-state index contributed by atoms with van der Waals surface area (Å²) in [4.78, 5) is 35.8. The first-order valence-corrected chi connectivity index (χ1v) is 18.4. The summed E-state index contributed by atoms with van der Waals surface area (Å²) in [5.74, 6) is -5.61. The van der Waals surface area contributed by atoms with Crippen molar-refractivity contribution < 1.29 is 54.6 Å². The molecule has 2 N–H and O–H groups in total. The number of benzene rings is 1. The Morgan fingerprint density at radius 3 is 2.24 bits per heavy atom. The number of amides is 1. The average molecular weight is 770 g/mol. The molecular weight excluding hydrogens is 730 g/mol. The molecule has 1 aromatic carbocycles. The van der Waals surface area contributed by atoms with Gasteiger partial charge in [0, 0.05) is 61.4 Å². The molecule has 0 spiro atoms. The van der Waals surface area contributed by atoms with Crippen LogP contribution in [-0.4, -0.2) is 79.8 Å². The maximum absolute atomic E-state index is 14.7. The molecule has 5 aliphatic carbocycles. The van der Waals surface area contributed by atoms with Gasteiger partial charge in [0.1, 0.15) is 17.4 Å². The second-order valence-corrected chi connectivity index (χ2v) is 16.0. The Morgan fingerprint density at radius 2 is 1.63 bits per heavy atom. The van der Waals surface area contributed by atoms with Gasteiger partial charge >= 0.3 is 18.3 Å². The van der Waals surface area contributed by atoms with E-state index in [4.69, 9.17) is 4.74 Å². The lowest BCUT2D eigenvalue weighted by molar-refractivity contribution is -0.163. The largest absolute Gasteiger partial charge is 0.489 e. The average Bonchev–Trinajstić information content (AvgIpc) is 3.68. The predicted octanol–water partition coefficient (Wildman–Crippen LogP) is 7.89. The van der Waals surface area contributed by atoms with E-state index in [-0.39, 0.29) is 37.2 Å². The second-order valence-electron chi connectivity index (χ2n) is 16.0. The summed E-state index contributed by atoms with van der Waals surface area (Å²) < 4.78 is 119. The summed E-state index contributed by atoms with van der Waals surface area (Å²) in [6.45, 7) is -0.867. The molecule has 1 aliphatic heterocycles. The number of carbonyl (C=O) groups excluding carboxylic acids is 1. The van der Waals surface area contributed by atoms with Crippen molar-refractivity contribution in [3.8, 4) is 17.1 Å². The lowest BCUT2D eigenvalue weighted by Crippen LogP contribution is -2.70. The van der Waals surface area contributed by atoms with Gasteiger partial charge < -0.3 is 19.7 Å². The number of nitrogens with one attached hydrogen (secondary N) is 1. The van der Waals surface area contributed by atoms with Gasteiger partial charge in [-0.05, 0) is 87.2 Å². The highest BCUT2D eigenvalue weighted by Crippen LogP contribution is 2.58. The maximum atomic E-state index is 14.7. The Labute approximate surface area is 304 Å². The van der Waals surface area contributed by atoms with Crippen LogP contribution in [0.3, 0.4) is 0 Å². The van der Waals surface area contributed by atoms with E-state index in [9.17, 15) is 49.8 Å². The molecular formula is C37H39F8N5O4. The summed E-state index contributed by atoms with van der Waals surface area (Å²) in [6.07, 6.45) is -4.86. The topological polar surface area (TPSA) is 110 Å². The zero-order valence-electron chi connectivity index (χ0n) is 29.0. The van der Waals surface area contributed by atoms with Crippen molar-refractivity contribution >= 4 is 22.8 Å². The van der Waals surface area contributed by atoms with Crippen molar-refractivity contribution in [2.45, 2.75) is 100 Å². The van der Waals surface area contributed by atoms with Crippen LogP contribution in [0.1, 0.15) is 86.3 Å². The van der Waals surface area contributed by atoms with Gasteiger partial charge in [-0.25, -0.2) is 23.5 Å². The van der Waals surface area contributed by atoms with Gasteiger partial charge in [-0.2, -0.15) is 26.3 Å². The van der Waals surface area contributed by atoms with Gasteiger partial charge in [0.25, 0.3) is 5.91 Å². The second kappa shape index (κ2) is 13.0. The minimum atomic E-state index is -5.14. The molecule has 9 nitrogen and oxygen atoms in total. The van der Waals surface area contributed by atoms with Crippen LogP contribution in [0.25, 0.3) is 22.3 Å². The van der Waals surface area contributed by atoms with E-state index in [0.29, 0.717) is 54.8 Å². The predicted molar refractivity (Wildman–Crippen MR) is 177 cm³/mol. The Kier molecular flexibility index (Phi) is 8.92. The normalized spacial score (nSPS) is 29.9. The zero-order valence-corrected chi connectivity index (χ0v) is 29.0. The molecule has 3 aromatic rings. The summed E-state index contributed by atoms with van der Waals surface area (Å²) in [5, 5.41) is 13.3. The number of likely N-dealkylation sites (tertiary alicyclic amines) is 1. The number of aromatic nitrogens is 3. The van der Waals surface area contributed by atoms with Crippen molar-refractivity contribution in [2.75, 3.05) is 19.6 Å². The van der Waals surface area contributed by atoms with Crippen LogP contribution in [0.4, 0.5) is 35.1 Å². The smallest absolute Gasteiger partial charge is 0.434 e. The SMILES string of the molecule is O=C(NC1(C(=O)O)C2CC3CC(C2)CC1C3)c1cnc(-c2cn(C3CCC(F)(F)CC3)c3cc(O[C@@H]4CCN(CC(F)(F)F)C4)ccc23)nc1C(F)(F)F. The molecule has 3 heterocycles. The third-order valence-electron chi connectivity index (χ3n) is 12.5. The Morgan fingerprint density at radius 1 is 0.963 bits per heavy atom. The number of carboxylic acid groups (broad SMARTS) is 1. The first kappa shape index (κ1) is 36.9. The van der Waals surface area contributed by atoms with Crippen molar-refractivity contribution in [1.29, 1.82) is 0 Å². The van der Waals surface area contributed by atoms with Crippen LogP contribution in [0.15, 0.2) is 30.6 Å². The molecule has 17 heteroatoms. The van der Waals surface area contributed by atoms with Crippen LogP contribution < -0.4 is 10.1 Å². The van der Waals surface area contributed by atoms with Crippen molar-refractivity contribution in [1.82, 2.24) is 24.8 Å². The third-order valence-corrected chi connectivity index (χ3v) is 12.5. The lowest BCUT2D eigenvalue weighted by atomic mass is 9.48. The highest BCUT2D eigenvalue weighted by molar-refractivity contribution is 6.00. The van der Waals surface area contributed by atoms with E-state index >= 15 is 0 Å². The van der Waals surface area contributed by atoms with Gasteiger partial charge in [-0.1, -0.05) is 0 Å². The Hall–Kier alpha value is -4.02. The van der Waals surface area contributed by atoms with Gasteiger partial charge in [-0.3, -0.25) is 9.69 Å². The molecule has 5 saturated carbocycles. The van der Waals surface area contributed by atoms with Crippen LogP contribution in [-0.2, 0) is 11.0 Å². The fraction of sp³-hybridized carbons (Fsp3) is 0.622. The molecule has 1 saturated heterocycles. The number of rotatable bonds is 8. The summed E-state index contributed by atoms with van der Waals surface area (Å²) in [7, 11) is 0. The van der Waals surface area contributed by atoms with Gasteiger partial charge in [0.15, 0.2) is 11.5 Å². The van der Waals surface area contributed by atoms with E-state index in [2.05, 4.69) is 15.3 Å².